The van der Waals surface area contributed by atoms with Crippen LogP contribution >= 0.6 is 0 Å². The minimum atomic E-state index is -0.435. The van der Waals surface area contributed by atoms with Gasteiger partial charge in [-0.15, -0.1) is 0 Å². The molecule has 0 bridgehead atoms. The number of hydrogen-bond acceptors (Lipinski definition) is 6. The van der Waals surface area contributed by atoms with Crippen molar-refractivity contribution >= 4 is 32.9 Å². The highest BCUT2D eigenvalue weighted by molar-refractivity contribution is 6.11. The Labute approximate surface area is 387 Å². The van der Waals surface area contributed by atoms with E-state index in [4.69, 9.17) is 0 Å². The molecule has 0 fully saturated rings. The van der Waals surface area contributed by atoms with E-state index in [-0.39, 0.29) is 44.5 Å². The van der Waals surface area contributed by atoms with Crippen LogP contribution in [0.15, 0.2) is 109 Å². The summed E-state index contributed by atoms with van der Waals surface area (Å²) < 4.78 is 0. The van der Waals surface area contributed by atoms with Gasteiger partial charge in [-0.25, -0.2) is 0 Å². The van der Waals surface area contributed by atoms with Gasteiger partial charge in [-0.3, -0.25) is 20.2 Å². The third kappa shape index (κ3) is 9.37. The maximum Gasteiger partial charge on any atom is 0.269 e. The zero-order chi connectivity index (χ0) is 48.3. The van der Waals surface area contributed by atoms with Crippen LogP contribution in [0.5, 0.6) is 11.5 Å². The summed E-state index contributed by atoms with van der Waals surface area (Å²) in [5.41, 5.74) is 8.18. The van der Waals surface area contributed by atoms with Crippen molar-refractivity contribution in [2.75, 3.05) is 0 Å². The summed E-state index contributed by atoms with van der Waals surface area (Å²) in [5, 5.41) is 49.6. The van der Waals surface area contributed by atoms with Crippen LogP contribution < -0.4 is 0 Å². The molecule has 7 rings (SSSR count). The number of hydrogen-bond donors (Lipinski definition) is 2. The van der Waals surface area contributed by atoms with E-state index in [1.165, 1.54) is 24.3 Å². The maximum atomic E-state index is 11.7. The predicted molar refractivity (Wildman–Crippen MR) is 269 cm³/mol. The summed E-state index contributed by atoms with van der Waals surface area (Å²) in [6.45, 7) is 25.1. The minimum absolute atomic E-state index is 0.0237. The molecule has 8 nitrogen and oxygen atoms in total. The van der Waals surface area contributed by atoms with Crippen LogP contribution in [0.4, 0.5) is 11.4 Å². The van der Waals surface area contributed by atoms with Gasteiger partial charge in [-0.05, 0) is 126 Å². The van der Waals surface area contributed by atoms with Crippen molar-refractivity contribution in [1.29, 1.82) is 0 Å². The average molecular weight is 877 g/mol. The Morgan fingerprint density at radius 2 is 0.667 bits per heavy atom. The van der Waals surface area contributed by atoms with E-state index in [0.29, 0.717) is 11.1 Å². The van der Waals surface area contributed by atoms with Gasteiger partial charge in [0, 0.05) is 68.8 Å². The Bertz CT molecular complexity index is 3020. The molecule has 7 aromatic carbocycles. The molecule has 0 unspecified atom stereocenters. The van der Waals surface area contributed by atoms with Gasteiger partial charge >= 0.3 is 0 Å². The van der Waals surface area contributed by atoms with Crippen molar-refractivity contribution in [2.24, 2.45) is 0 Å². The fourth-order valence-corrected chi connectivity index (χ4v) is 8.35. The molecule has 66 heavy (non-hydrogen) atoms. The number of fused-ring (bicyclic) bond motifs is 2. The van der Waals surface area contributed by atoms with E-state index >= 15 is 0 Å². The molecule has 0 saturated heterocycles. The van der Waals surface area contributed by atoms with Crippen LogP contribution in [0.2, 0.25) is 0 Å². The summed E-state index contributed by atoms with van der Waals surface area (Å²) in [6.07, 6.45) is 0. The second kappa shape index (κ2) is 16.9. The first-order valence-electron chi connectivity index (χ1n) is 22.1. The zero-order valence-electron chi connectivity index (χ0n) is 39.8. The van der Waals surface area contributed by atoms with Crippen LogP contribution in [0.25, 0.3) is 43.8 Å². The number of nitro groups is 2. The first-order chi connectivity index (χ1) is 30.7. The van der Waals surface area contributed by atoms with E-state index < -0.39 is 9.85 Å². The molecule has 0 amide bonds. The second-order valence-corrected chi connectivity index (χ2v) is 21.2. The SMILES string of the molecule is CC(C)(C)c1cc(-c2ccc3c(C#Cc4ccc([N+](=O)[O-])cc4)c4ccc(-c5cc(C(C)(C)C)c(O)c(C(C)(C)C)c5)cc4c(C#Cc4ccc([N+](=O)[O-])cc4)c3c2)cc(C(C)(C)C)c1O. The van der Waals surface area contributed by atoms with Gasteiger partial charge in [0.25, 0.3) is 11.4 Å². The maximum absolute atomic E-state index is 11.7. The number of nitro benzene ring substituents is 2. The first-order valence-corrected chi connectivity index (χ1v) is 22.1. The molecule has 0 radical (unpaired) electrons. The summed E-state index contributed by atoms with van der Waals surface area (Å²) in [4.78, 5) is 22.1. The Morgan fingerprint density at radius 3 is 0.939 bits per heavy atom. The largest absolute Gasteiger partial charge is 0.507 e. The smallest absolute Gasteiger partial charge is 0.269 e. The third-order valence-electron chi connectivity index (χ3n) is 12.1. The van der Waals surface area contributed by atoms with Crippen molar-refractivity contribution in [3.8, 4) is 57.4 Å². The highest BCUT2D eigenvalue weighted by Gasteiger charge is 2.29. The second-order valence-electron chi connectivity index (χ2n) is 21.2. The van der Waals surface area contributed by atoms with Gasteiger partial charge in [0.05, 0.1) is 9.85 Å². The lowest BCUT2D eigenvalue weighted by Gasteiger charge is -2.28. The summed E-state index contributed by atoms with van der Waals surface area (Å²) >= 11 is 0. The van der Waals surface area contributed by atoms with E-state index in [1.54, 1.807) is 24.3 Å². The number of non-ortho nitro benzene ring substituents is 2. The summed E-state index contributed by atoms with van der Waals surface area (Å²) in [5.74, 6) is 14.2. The summed E-state index contributed by atoms with van der Waals surface area (Å²) in [7, 11) is 0. The molecule has 8 heteroatoms. The van der Waals surface area contributed by atoms with Gasteiger partial charge in [0.2, 0.25) is 0 Å². The van der Waals surface area contributed by atoms with Crippen LogP contribution in [0.3, 0.4) is 0 Å². The predicted octanol–water partition coefficient (Wildman–Crippen LogP) is 14.5. The molecule has 0 spiro atoms. The first kappa shape index (κ1) is 46.6. The lowest BCUT2D eigenvalue weighted by atomic mass is 9.77. The van der Waals surface area contributed by atoms with Gasteiger partial charge in [0.15, 0.2) is 0 Å². The molecular weight excluding hydrogens is 821 g/mol. The number of phenols is 2. The molecule has 334 valence electrons. The summed E-state index contributed by atoms with van der Waals surface area (Å²) in [6, 6.07) is 33.1. The van der Waals surface area contributed by atoms with Gasteiger partial charge in [-0.1, -0.05) is 131 Å². The number of nitrogens with zero attached hydrogens (tertiary/aromatic N) is 2. The quantitative estimate of drug-likeness (QED) is 0.0785. The van der Waals surface area contributed by atoms with Crippen molar-refractivity contribution in [2.45, 2.75) is 105 Å². The highest BCUT2D eigenvalue weighted by Crippen LogP contribution is 2.45. The molecule has 0 atom stereocenters. The number of aromatic hydroxyl groups is 2. The fraction of sp³-hybridized carbons (Fsp3) is 0.276. The number of rotatable bonds is 4. The third-order valence-corrected chi connectivity index (χ3v) is 12.1. The molecule has 0 aliphatic carbocycles. The van der Waals surface area contributed by atoms with Crippen molar-refractivity contribution < 1.29 is 20.1 Å². The molecule has 0 aliphatic heterocycles. The van der Waals surface area contributed by atoms with Crippen molar-refractivity contribution in [3.63, 3.8) is 0 Å². The molecular formula is C58H56N2O6. The lowest BCUT2D eigenvalue weighted by molar-refractivity contribution is -0.385. The van der Waals surface area contributed by atoms with Gasteiger partial charge < -0.3 is 10.2 Å². The van der Waals surface area contributed by atoms with Crippen molar-refractivity contribution in [3.05, 3.63) is 174 Å². The van der Waals surface area contributed by atoms with Crippen LogP contribution in [0.1, 0.15) is 128 Å². The standard InChI is InChI=1S/C58H56N2O6/c1-55(2,3)49-31-39(32-50(53(49)61)56(4,5)6)37-19-27-44-43(25-17-35-13-21-41(22-14-35)59(63)64)45-28-20-38(40-33-51(57(7,8)9)54(62)52(34-40)58(10,11)12)30-48(45)46(47(44)29-37)26-18-36-15-23-42(24-16-36)60(65)66/h13-16,19-24,27-34,61-62H,1-12H3. The number of benzene rings is 7. The fourth-order valence-electron chi connectivity index (χ4n) is 8.35. The van der Waals surface area contributed by atoms with E-state index in [0.717, 1.165) is 77.2 Å². The minimum Gasteiger partial charge on any atom is -0.507 e. The van der Waals surface area contributed by atoms with Crippen molar-refractivity contribution in [1.82, 2.24) is 0 Å². The molecule has 0 saturated carbocycles. The Morgan fingerprint density at radius 1 is 0.379 bits per heavy atom. The Kier molecular flexibility index (Phi) is 11.9. The monoisotopic (exact) mass is 876 g/mol. The van der Waals surface area contributed by atoms with Gasteiger partial charge in [0.1, 0.15) is 11.5 Å². The van der Waals surface area contributed by atoms with E-state index in [1.807, 2.05) is 0 Å². The number of phenolic OH excluding ortho intramolecular Hbond substituents is 2. The Balaban J connectivity index is 1.62. The molecule has 0 heterocycles. The molecule has 0 aromatic heterocycles. The van der Waals surface area contributed by atoms with E-state index in [9.17, 15) is 30.4 Å². The van der Waals surface area contributed by atoms with Crippen LogP contribution in [0, 0.1) is 43.9 Å². The van der Waals surface area contributed by atoms with Gasteiger partial charge in [-0.2, -0.15) is 0 Å². The zero-order valence-corrected chi connectivity index (χ0v) is 39.8. The van der Waals surface area contributed by atoms with Crippen LogP contribution in [-0.2, 0) is 21.7 Å². The van der Waals surface area contributed by atoms with E-state index in [2.05, 4.69) is 167 Å². The highest BCUT2D eigenvalue weighted by atomic mass is 16.6. The average Bonchev–Trinajstić information content (AvgIpc) is 3.23. The molecule has 7 aromatic rings. The lowest BCUT2D eigenvalue weighted by Crippen LogP contribution is -2.17. The van der Waals surface area contributed by atoms with Crippen LogP contribution in [-0.4, -0.2) is 20.1 Å². The molecule has 0 aliphatic rings. The Hall–Kier alpha value is -7.42. The topological polar surface area (TPSA) is 127 Å². The normalized spacial score (nSPS) is 12.1. The molecule has 2 N–H and O–H groups in total.